The van der Waals surface area contributed by atoms with E-state index in [0.29, 0.717) is 12.1 Å². The van der Waals surface area contributed by atoms with Gasteiger partial charge >= 0.3 is 0 Å². The third-order valence-electron chi connectivity index (χ3n) is 4.22. The molecule has 0 bridgehead atoms. The van der Waals surface area contributed by atoms with Crippen molar-refractivity contribution in [1.82, 2.24) is 9.78 Å². The molecule has 5 heteroatoms. The maximum atomic E-state index is 13.0. The van der Waals surface area contributed by atoms with Crippen LogP contribution in [0.4, 0.5) is 10.1 Å². The van der Waals surface area contributed by atoms with Crippen molar-refractivity contribution in [2.75, 3.05) is 4.90 Å². The van der Waals surface area contributed by atoms with Crippen molar-refractivity contribution in [3.63, 3.8) is 0 Å². The summed E-state index contributed by atoms with van der Waals surface area (Å²) in [6.07, 6.45) is 2.05. The van der Waals surface area contributed by atoms with Gasteiger partial charge in [0.25, 0.3) is 0 Å². The summed E-state index contributed by atoms with van der Waals surface area (Å²) in [7, 11) is 0. The minimum Gasteiger partial charge on any atom is -0.361 e. The summed E-state index contributed by atoms with van der Waals surface area (Å²) in [6.45, 7) is 2.16. The van der Waals surface area contributed by atoms with E-state index in [2.05, 4.69) is 16.1 Å². The molecule has 1 aromatic heterocycles. The highest BCUT2D eigenvalue weighted by atomic mass is 19.1. The van der Waals surface area contributed by atoms with Gasteiger partial charge in [-0.3, -0.25) is 4.68 Å². The van der Waals surface area contributed by atoms with E-state index in [9.17, 15) is 4.39 Å². The fraction of sp³-hybridized carbons (Fsp3) is 0.158. The summed E-state index contributed by atoms with van der Waals surface area (Å²) in [5.74, 6) is -0.225. The molecule has 0 atom stereocenters. The number of nitriles is 1. The molecule has 0 saturated heterocycles. The first-order valence-electron chi connectivity index (χ1n) is 7.76. The molecule has 2 heterocycles. The highest BCUT2D eigenvalue weighted by Gasteiger charge is 2.23. The van der Waals surface area contributed by atoms with Gasteiger partial charge < -0.3 is 4.90 Å². The van der Waals surface area contributed by atoms with Crippen LogP contribution in [0, 0.1) is 17.1 Å². The predicted molar refractivity (Wildman–Crippen MR) is 88.8 cm³/mol. The summed E-state index contributed by atoms with van der Waals surface area (Å²) >= 11 is 0. The minimum absolute atomic E-state index is 0.225. The van der Waals surface area contributed by atoms with Gasteiger partial charge in [0, 0.05) is 24.0 Å². The van der Waals surface area contributed by atoms with Crippen molar-refractivity contribution >= 4 is 5.69 Å². The molecule has 0 saturated carbocycles. The summed E-state index contributed by atoms with van der Waals surface area (Å²) in [5.41, 5.74) is 4.98. The van der Waals surface area contributed by atoms with Crippen LogP contribution < -0.4 is 4.90 Å². The van der Waals surface area contributed by atoms with E-state index in [0.717, 1.165) is 30.0 Å². The maximum Gasteiger partial charge on any atom is 0.123 e. The normalized spacial score (nSPS) is 12.9. The van der Waals surface area contributed by atoms with Gasteiger partial charge in [0.05, 0.1) is 30.4 Å². The van der Waals surface area contributed by atoms with E-state index in [1.807, 2.05) is 35.1 Å². The first-order valence-corrected chi connectivity index (χ1v) is 7.76. The molecule has 4 rings (SSSR count). The molecule has 0 unspecified atom stereocenters. The zero-order valence-corrected chi connectivity index (χ0v) is 13.0. The highest BCUT2D eigenvalue weighted by molar-refractivity contribution is 5.54. The molecular formula is C19H15FN4. The fourth-order valence-electron chi connectivity index (χ4n) is 3.02. The van der Waals surface area contributed by atoms with Crippen LogP contribution >= 0.6 is 0 Å². The van der Waals surface area contributed by atoms with Gasteiger partial charge in [0.15, 0.2) is 0 Å². The van der Waals surface area contributed by atoms with Gasteiger partial charge in [-0.1, -0.05) is 18.2 Å². The smallest absolute Gasteiger partial charge is 0.123 e. The Morgan fingerprint density at radius 3 is 2.71 bits per heavy atom. The Hall–Kier alpha value is -3.13. The van der Waals surface area contributed by atoms with Crippen molar-refractivity contribution < 1.29 is 4.39 Å². The lowest BCUT2D eigenvalue weighted by Crippen LogP contribution is -2.16. The summed E-state index contributed by atoms with van der Waals surface area (Å²) < 4.78 is 14.9. The number of hydrogen-bond acceptors (Lipinski definition) is 3. The van der Waals surface area contributed by atoms with Gasteiger partial charge in [-0.05, 0) is 35.9 Å². The van der Waals surface area contributed by atoms with E-state index in [1.165, 1.54) is 17.7 Å². The Morgan fingerprint density at radius 2 is 1.96 bits per heavy atom. The summed E-state index contributed by atoms with van der Waals surface area (Å²) in [6, 6.07) is 16.3. The van der Waals surface area contributed by atoms with Gasteiger partial charge in [-0.2, -0.15) is 10.4 Å². The van der Waals surface area contributed by atoms with Crippen LogP contribution in [0.15, 0.2) is 54.7 Å². The quantitative estimate of drug-likeness (QED) is 0.743. The monoisotopic (exact) mass is 318 g/mol. The number of anilines is 1. The fourth-order valence-corrected chi connectivity index (χ4v) is 3.02. The zero-order chi connectivity index (χ0) is 16.5. The summed E-state index contributed by atoms with van der Waals surface area (Å²) in [4.78, 5) is 2.21. The largest absolute Gasteiger partial charge is 0.361 e. The molecule has 0 radical (unpaired) electrons. The highest BCUT2D eigenvalue weighted by Crippen LogP contribution is 2.28. The second-order valence-electron chi connectivity index (χ2n) is 5.94. The lowest BCUT2D eigenvalue weighted by molar-refractivity contribution is 0.623. The first kappa shape index (κ1) is 14.5. The lowest BCUT2D eigenvalue weighted by atomic mass is 10.2. The third-order valence-corrected chi connectivity index (χ3v) is 4.22. The minimum atomic E-state index is -0.225. The van der Waals surface area contributed by atoms with Crippen LogP contribution in [0.25, 0.3) is 0 Å². The van der Waals surface area contributed by atoms with Crippen LogP contribution in [-0.2, 0) is 19.6 Å². The predicted octanol–water partition coefficient (Wildman–Crippen LogP) is 3.46. The number of aromatic nitrogens is 2. The molecule has 0 aliphatic carbocycles. The molecule has 1 aliphatic rings. The van der Waals surface area contributed by atoms with Gasteiger partial charge in [0.1, 0.15) is 5.82 Å². The Morgan fingerprint density at radius 1 is 1.12 bits per heavy atom. The van der Waals surface area contributed by atoms with Gasteiger partial charge in [-0.15, -0.1) is 0 Å². The molecule has 118 valence electrons. The molecule has 4 nitrogen and oxygen atoms in total. The van der Waals surface area contributed by atoms with E-state index in [-0.39, 0.29) is 5.82 Å². The average molecular weight is 318 g/mol. The second kappa shape index (κ2) is 5.82. The summed E-state index contributed by atoms with van der Waals surface area (Å²) in [5, 5.41) is 13.7. The third kappa shape index (κ3) is 2.74. The van der Waals surface area contributed by atoms with E-state index >= 15 is 0 Å². The second-order valence-corrected chi connectivity index (χ2v) is 5.94. The molecule has 0 spiro atoms. The van der Waals surface area contributed by atoms with Crippen LogP contribution in [0.3, 0.4) is 0 Å². The van der Waals surface area contributed by atoms with E-state index < -0.39 is 0 Å². The van der Waals surface area contributed by atoms with Crippen LogP contribution in [0.1, 0.15) is 22.4 Å². The number of rotatable bonds is 3. The Kier molecular flexibility index (Phi) is 3.51. The Bertz CT molecular complexity index is 898. The van der Waals surface area contributed by atoms with Crippen molar-refractivity contribution in [3.8, 4) is 6.07 Å². The SMILES string of the molecule is N#Cc1cccc(N2Cc3cn(Cc4ccc(F)cc4)nc3C2)c1. The zero-order valence-electron chi connectivity index (χ0n) is 13.0. The Balaban J connectivity index is 1.49. The van der Waals surface area contributed by atoms with Crippen molar-refractivity contribution in [2.45, 2.75) is 19.6 Å². The molecule has 0 amide bonds. The topological polar surface area (TPSA) is 44.9 Å². The van der Waals surface area contributed by atoms with Crippen LogP contribution in [0.2, 0.25) is 0 Å². The number of hydrogen-bond donors (Lipinski definition) is 0. The molecule has 0 fully saturated rings. The van der Waals surface area contributed by atoms with Crippen molar-refractivity contribution in [2.24, 2.45) is 0 Å². The number of fused-ring (bicyclic) bond motifs is 1. The number of benzene rings is 2. The van der Waals surface area contributed by atoms with Crippen LogP contribution in [0.5, 0.6) is 0 Å². The Labute approximate surface area is 139 Å². The lowest BCUT2D eigenvalue weighted by Gasteiger charge is -2.18. The maximum absolute atomic E-state index is 13.0. The van der Waals surface area contributed by atoms with E-state index in [4.69, 9.17) is 5.26 Å². The van der Waals surface area contributed by atoms with Crippen molar-refractivity contribution in [1.29, 1.82) is 5.26 Å². The average Bonchev–Trinajstić information content (AvgIpc) is 3.15. The van der Waals surface area contributed by atoms with Gasteiger partial charge in [0.2, 0.25) is 0 Å². The van der Waals surface area contributed by atoms with Gasteiger partial charge in [-0.25, -0.2) is 4.39 Å². The standard InChI is InChI=1S/C19H15FN4/c20-17-6-4-14(5-7-17)10-24-12-16-11-23(13-19(16)22-24)18-3-1-2-15(8-18)9-21/h1-8,12H,10-11,13H2. The van der Waals surface area contributed by atoms with E-state index in [1.54, 1.807) is 12.1 Å². The number of halogens is 1. The number of nitrogens with zero attached hydrogens (tertiary/aromatic N) is 4. The molecule has 1 aliphatic heterocycles. The molecular weight excluding hydrogens is 303 g/mol. The first-order chi connectivity index (χ1) is 11.7. The molecule has 3 aromatic rings. The molecule has 0 N–H and O–H groups in total. The molecule has 24 heavy (non-hydrogen) atoms. The van der Waals surface area contributed by atoms with Crippen LogP contribution in [-0.4, -0.2) is 9.78 Å². The van der Waals surface area contributed by atoms with Crippen molar-refractivity contribution in [3.05, 3.63) is 82.9 Å². The molecule has 2 aromatic carbocycles.